The van der Waals surface area contributed by atoms with Gasteiger partial charge in [0.05, 0.1) is 5.92 Å². The highest BCUT2D eigenvalue weighted by Crippen LogP contribution is 2.23. The molecule has 3 atom stereocenters. The third kappa shape index (κ3) is 13.1. The largest absolute Gasteiger partial charge is 0.481 e. The van der Waals surface area contributed by atoms with Crippen molar-refractivity contribution in [1.82, 2.24) is 4.90 Å². The fourth-order valence-corrected chi connectivity index (χ4v) is 4.12. The van der Waals surface area contributed by atoms with Gasteiger partial charge in [0.25, 0.3) is 0 Å². The van der Waals surface area contributed by atoms with E-state index in [9.17, 15) is 9.59 Å². The third-order valence-corrected chi connectivity index (χ3v) is 6.25. The van der Waals surface area contributed by atoms with Gasteiger partial charge in [-0.05, 0) is 44.4 Å². The lowest BCUT2D eigenvalue weighted by atomic mass is 9.93. The van der Waals surface area contributed by atoms with Gasteiger partial charge in [-0.2, -0.15) is 0 Å². The van der Waals surface area contributed by atoms with Gasteiger partial charge in [-0.25, -0.2) is 0 Å². The van der Waals surface area contributed by atoms with Crippen molar-refractivity contribution in [3.8, 4) is 0 Å². The van der Waals surface area contributed by atoms with Crippen LogP contribution in [0.15, 0.2) is 12.2 Å². The maximum absolute atomic E-state index is 13.6. The minimum atomic E-state index is -0.756. The maximum Gasteiger partial charge on any atom is 0.303 e. The Hall–Kier alpha value is -1.32. The Morgan fingerprint density at radius 1 is 0.833 bits per heavy atom. The first-order valence-electron chi connectivity index (χ1n) is 12.6. The van der Waals surface area contributed by atoms with E-state index < -0.39 is 5.97 Å². The number of allylic oxidation sites excluding steroid dienone is 1. The van der Waals surface area contributed by atoms with Crippen LogP contribution in [0.5, 0.6) is 0 Å². The van der Waals surface area contributed by atoms with Gasteiger partial charge in [0, 0.05) is 19.5 Å². The average molecular weight is 424 g/mol. The SMILES string of the molecule is C/C=C\C(CCCCC(=O)O)C(=O)N(CC(CC)CCCC)CC(CC)CCCC. The minimum Gasteiger partial charge on any atom is -0.481 e. The third-order valence-electron chi connectivity index (χ3n) is 6.25. The van der Waals surface area contributed by atoms with Crippen LogP contribution >= 0.6 is 0 Å². The summed E-state index contributed by atoms with van der Waals surface area (Å²) in [7, 11) is 0. The van der Waals surface area contributed by atoms with Gasteiger partial charge in [-0.1, -0.05) is 84.8 Å². The fourth-order valence-electron chi connectivity index (χ4n) is 4.12. The molecule has 4 heteroatoms. The number of aliphatic carboxylic acids is 1. The number of amides is 1. The Kier molecular flexibility index (Phi) is 17.6. The van der Waals surface area contributed by atoms with Crippen LogP contribution in [-0.2, 0) is 9.59 Å². The van der Waals surface area contributed by atoms with E-state index in [1.165, 1.54) is 38.5 Å². The highest BCUT2D eigenvalue weighted by atomic mass is 16.4. The number of carbonyl (C=O) groups excluding carboxylic acids is 1. The summed E-state index contributed by atoms with van der Waals surface area (Å²) in [5.74, 6) is 0.491. The number of carbonyl (C=O) groups is 2. The van der Waals surface area contributed by atoms with Gasteiger partial charge in [-0.3, -0.25) is 9.59 Å². The lowest BCUT2D eigenvalue weighted by Crippen LogP contribution is -2.42. The minimum absolute atomic E-state index is 0.129. The Bertz CT molecular complexity index is 457. The van der Waals surface area contributed by atoms with Crippen LogP contribution in [0, 0.1) is 17.8 Å². The topological polar surface area (TPSA) is 57.6 Å². The molecule has 0 spiro atoms. The molecule has 30 heavy (non-hydrogen) atoms. The van der Waals surface area contributed by atoms with Crippen LogP contribution in [0.1, 0.15) is 112 Å². The zero-order valence-electron chi connectivity index (χ0n) is 20.5. The molecule has 0 aliphatic carbocycles. The number of unbranched alkanes of at least 4 members (excludes halogenated alkanes) is 3. The van der Waals surface area contributed by atoms with Gasteiger partial charge in [0.1, 0.15) is 0 Å². The lowest BCUT2D eigenvalue weighted by Gasteiger charge is -2.33. The second kappa shape index (κ2) is 18.4. The van der Waals surface area contributed by atoms with Crippen molar-refractivity contribution in [3.63, 3.8) is 0 Å². The summed E-state index contributed by atoms with van der Waals surface area (Å²) in [5.41, 5.74) is 0. The zero-order valence-corrected chi connectivity index (χ0v) is 20.5. The Morgan fingerprint density at radius 3 is 1.77 bits per heavy atom. The number of carboxylic acids is 1. The predicted molar refractivity (Wildman–Crippen MR) is 128 cm³/mol. The van der Waals surface area contributed by atoms with E-state index in [0.29, 0.717) is 18.3 Å². The normalized spacial score (nSPS) is 14.6. The van der Waals surface area contributed by atoms with Crippen LogP contribution in [-0.4, -0.2) is 35.0 Å². The zero-order chi connectivity index (χ0) is 22.8. The van der Waals surface area contributed by atoms with Crippen LogP contribution in [0.2, 0.25) is 0 Å². The molecule has 0 radical (unpaired) electrons. The molecule has 1 N–H and O–H groups in total. The Balaban J connectivity index is 5.30. The molecule has 0 heterocycles. The molecule has 0 aromatic heterocycles. The summed E-state index contributed by atoms with van der Waals surface area (Å²) < 4.78 is 0. The quantitative estimate of drug-likeness (QED) is 0.178. The van der Waals surface area contributed by atoms with E-state index in [4.69, 9.17) is 5.11 Å². The highest BCUT2D eigenvalue weighted by molar-refractivity contribution is 5.80. The standard InChI is InChI=1S/C26H49NO3/c1-6-11-16-22(9-4)20-27(21-23(10-5)17-12-7-2)26(30)24(15-8-3)18-13-14-19-25(28)29/h8,15,22-24H,6-7,9-14,16-21H2,1-5H3,(H,28,29)/b15-8-. The molecular formula is C26H49NO3. The van der Waals surface area contributed by atoms with Gasteiger partial charge in [0.2, 0.25) is 5.91 Å². The molecule has 0 saturated carbocycles. The van der Waals surface area contributed by atoms with Crippen molar-refractivity contribution in [1.29, 1.82) is 0 Å². The molecule has 0 rings (SSSR count). The molecule has 0 aliphatic rings. The van der Waals surface area contributed by atoms with E-state index >= 15 is 0 Å². The van der Waals surface area contributed by atoms with Crippen LogP contribution in [0.4, 0.5) is 0 Å². The van der Waals surface area contributed by atoms with Crippen LogP contribution < -0.4 is 0 Å². The lowest BCUT2D eigenvalue weighted by molar-refractivity contribution is -0.137. The maximum atomic E-state index is 13.6. The summed E-state index contributed by atoms with van der Waals surface area (Å²) in [6, 6.07) is 0. The second-order valence-electron chi connectivity index (χ2n) is 8.85. The molecule has 3 unspecified atom stereocenters. The molecule has 4 nitrogen and oxygen atoms in total. The van der Waals surface area contributed by atoms with Crippen molar-refractivity contribution in [2.24, 2.45) is 17.8 Å². The fraction of sp³-hybridized carbons (Fsp3) is 0.846. The number of carboxylic acid groups (broad SMARTS) is 1. The van der Waals surface area contributed by atoms with Gasteiger partial charge >= 0.3 is 5.97 Å². The second-order valence-corrected chi connectivity index (χ2v) is 8.85. The van der Waals surface area contributed by atoms with Crippen molar-refractivity contribution in [2.75, 3.05) is 13.1 Å². The van der Waals surface area contributed by atoms with Crippen molar-refractivity contribution in [3.05, 3.63) is 12.2 Å². The summed E-state index contributed by atoms with van der Waals surface area (Å²) >= 11 is 0. The average Bonchev–Trinajstić information content (AvgIpc) is 2.74. The van der Waals surface area contributed by atoms with E-state index in [-0.39, 0.29) is 18.2 Å². The molecule has 176 valence electrons. The van der Waals surface area contributed by atoms with E-state index in [2.05, 4.69) is 32.6 Å². The molecule has 0 aliphatic heterocycles. The molecule has 0 saturated heterocycles. The number of rotatable bonds is 19. The van der Waals surface area contributed by atoms with E-state index in [1.54, 1.807) is 0 Å². The van der Waals surface area contributed by atoms with Crippen molar-refractivity contribution >= 4 is 11.9 Å². The van der Waals surface area contributed by atoms with Gasteiger partial charge < -0.3 is 10.0 Å². The Morgan fingerprint density at radius 2 is 1.37 bits per heavy atom. The monoisotopic (exact) mass is 423 g/mol. The summed E-state index contributed by atoms with van der Waals surface area (Å²) in [4.78, 5) is 26.5. The first kappa shape index (κ1) is 28.7. The molecule has 0 fully saturated rings. The molecule has 0 bridgehead atoms. The smallest absolute Gasteiger partial charge is 0.303 e. The van der Waals surface area contributed by atoms with Crippen molar-refractivity contribution in [2.45, 2.75) is 112 Å². The molecule has 0 aromatic rings. The Labute approximate surface area is 186 Å². The van der Waals surface area contributed by atoms with Gasteiger partial charge in [-0.15, -0.1) is 0 Å². The van der Waals surface area contributed by atoms with Gasteiger partial charge in [0.15, 0.2) is 0 Å². The first-order valence-corrected chi connectivity index (χ1v) is 12.6. The van der Waals surface area contributed by atoms with E-state index in [0.717, 1.165) is 38.8 Å². The summed E-state index contributed by atoms with van der Waals surface area (Å²) in [5, 5.41) is 8.88. The molecule has 0 aromatic carbocycles. The van der Waals surface area contributed by atoms with Crippen LogP contribution in [0.25, 0.3) is 0 Å². The van der Waals surface area contributed by atoms with E-state index in [1.807, 2.05) is 19.1 Å². The van der Waals surface area contributed by atoms with Crippen LogP contribution in [0.3, 0.4) is 0 Å². The first-order chi connectivity index (χ1) is 14.4. The predicted octanol–water partition coefficient (Wildman–Crippen LogP) is 7.09. The summed E-state index contributed by atoms with van der Waals surface area (Å²) in [6.45, 7) is 12.6. The summed E-state index contributed by atoms with van der Waals surface area (Å²) in [6.07, 6.45) is 15.8. The number of nitrogens with zero attached hydrogens (tertiary/aromatic N) is 1. The molecule has 1 amide bonds. The molecular weight excluding hydrogens is 374 g/mol. The van der Waals surface area contributed by atoms with Crippen molar-refractivity contribution < 1.29 is 14.7 Å². The number of hydrogen-bond donors (Lipinski definition) is 1. The highest BCUT2D eigenvalue weighted by Gasteiger charge is 2.26. The number of hydrogen-bond acceptors (Lipinski definition) is 2.